The number of benzene rings is 2. The largest absolute Gasteiger partial charge is 0.455 e. The Morgan fingerprint density at radius 3 is 2.67 bits per heavy atom. The molecular formula is C18H15FN2O3. The van der Waals surface area contributed by atoms with E-state index >= 15 is 0 Å². The number of aromatic nitrogens is 1. The van der Waals surface area contributed by atoms with Gasteiger partial charge in [-0.25, -0.2) is 4.39 Å². The minimum Gasteiger partial charge on any atom is -0.455 e. The van der Waals surface area contributed by atoms with Crippen molar-refractivity contribution >= 4 is 28.5 Å². The standard InChI is InChI=1S/C18H15FN2O3/c19-14-6-2-4-8-16(14)21-17(22)11-24-18(23)9-12-10-20-15-7-3-1-5-13(12)15/h1-8,10,20H,9,11H2,(H,21,22). The second-order valence-electron chi connectivity index (χ2n) is 5.22. The molecule has 2 N–H and O–H groups in total. The molecule has 1 amide bonds. The minimum absolute atomic E-state index is 0.0511. The number of carbonyl (C=O) groups is 2. The number of para-hydroxylation sites is 2. The van der Waals surface area contributed by atoms with Crippen LogP contribution in [0.5, 0.6) is 0 Å². The van der Waals surface area contributed by atoms with Crippen molar-refractivity contribution in [3.63, 3.8) is 0 Å². The third-order valence-electron chi connectivity index (χ3n) is 3.52. The Balaban J connectivity index is 1.54. The zero-order valence-corrected chi connectivity index (χ0v) is 12.7. The van der Waals surface area contributed by atoms with Crippen LogP contribution in [0.15, 0.2) is 54.7 Å². The first-order valence-corrected chi connectivity index (χ1v) is 7.38. The number of fused-ring (bicyclic) bond motifs is 1. The Bertz CT molecular complexity index is 889. The highest BCUT2D eigenvalue weighted by molar-refractivity contribution is 5.93. The number of hydrogen-bond acceptors (Lipinski definition) is 3. The first kappa shape index (κ1) is 15.7. The number of amides is 1. The number of hydrogen-bond donors (Lipinski definition) is 2. The lowest BCUT2D eigenvalue weighted by atomic mass is 10.1. The predicted octanol–water partition coefficient (Wildman–Crippen LogP) is 3.03. The molecule has 24 heavy (non-hydrogen) atoms. The van der Waals surface area contributed by atoms with Gasteiger partial charge >= 0.3 is 5.97 Å². The van der Waals surface area contributed by atoms with Gasteiger partial charge in [-0.15, -0.1) is 0 Å². The van der Waals surface area contributed by atoms with Crippen molar-refractivity contribution in [2.45, 2.75) is 6.42 Å². The van der Waals surface area contributed by atoms with E-state index < -0.39 is 24.3 Å². The van der Waals surface area contributed by atoms with Crippen LogP contribution < -0.4 is 5.32 Å². The van der Waals surface area contributed by atoms with Crippen molar-refractivity contribution in [2.75, 3.05) is 11.9 Å². The van der Waals surface area contributed by atoms with Crippen LogP contribution in [0.3, 0.4) is 0 Å². The minimum atomic E-state index is -0.590. The highest BCUT2D eigenvalue weighted by Gasteiger charge is 2.12. The lowest BCUT2D eigenvalue weighted by Crippen LogP contribution is -2.22. The first-order chi connectivity index (χ1) is 11.6. The molecule has 0 aliphatic carbocycles. The molecule has 6 heteroatoms. The number of H-pyrrole nitrogens is 1. The number of esters is 1. The highest BCUT2D eigenvalue weighted by Crippen LogP contribution is 2.18. The van der Waals surface area contributed by atoms with Gasteiger partial charge in [0.15, 0.2) is 6.61 Å². The average molecular weight is 326 g/mol. The number of anilines is 1. The third-order valence-corrected chi connectivity index (χ3v) is 3.52. The predicted molar refractivity (Wildman–Crippen MR) is 88.0 cm³/mol. The molecule has 0 bridgehead atoms. The maximum atomic E-state index is 13.4. The van der Waals surface area contributed by atoms with E-state index in [0.717, 1.165) is 16.5 Å². The Morgan fingerprint density at radius 1 is 1.08 bits per heavy atom. The number of rotatable bonds is 5. The van der Waals surface area contributed by atoms with Crippen LogP contribution in [0.25, 0.3) is 10.9 Å². The average Bonchev–Trinajstić information content (AvgIpc) is 2.98. The molecule has 122 valence electrons. The van der Waals surface area contributed by atoms with Crippen LogP contribution in [0.4, 0.5) is 10.1 Å². The lowest BCUT2D eigenvalue weighted by Gasteiger charge is -2.07. The van der Waals surface area contributed by atoms with Crippen LogP contribution in [-0.2, 0) is 20.7 Å². The summed E-state index contributed by atoms with van der Waals surface area (Å²) in [6.07, 6.45) is 1.79. The number of ether oxygens (including phenoxy) is 1. The Morgan fingerprint density at radius 2 is 1.83 bits per heavy atom. The van der Waals surface area contributed by atoms with Crippen LogP contribution in [0.1, 0.15) is 5.56 Å². The van der Waals surface area contributed by atoms with Crippen molar-refractivity contribution in [3.8, 4) is 0 Å². The fourth-order valence-corrected chi connectivity index (χ4v) is 2.38. The summed E-state index contributed by atoms with van der Waals surface area (Å²) in [7, 11) is 0. The van der Waals surface area contributed by atoms with E-state index in [4.69, 9.17) is 4.74 Å². The maximum Gasteiger partial charge on any atom is 0.310 e. The highest BCUT2D eigenvalue weighted by atomic mass is 19.1. The molecule has 0 saturated heterocycles. The first-order valence-electron chi connectivity index (χ1n) is 7.38. The molecule has 3 rings (SSSR count). The summed E-state index contributed by atoms with van der Waals surface area (Å²) in [4.78, 5) is 26.7. The van der Waals surface area contributed by atoms with Crippen LogP contribution in [0.2, 0.25) is 0 Å². The molecule has 0 unspecified atom stereocenters. The van der Waals surface area contributed by atoms with Gasteiger partial charge in [-0.05, 0) is 23.8 Å². The van der Waals surface area contributed by atoms with E-state index in [9.17, 15) is 14.0 Å². The second-order valence-corrected chi connectivity index (χ2v) is 5.22. The zero-order valence-electron chi connectivity index (χ0n) is 12.7. The number of aromatic amines is 1. The summed E-state index contributed by atoms with van der Waals surface area (Å²) >= 11 is 0. The van der Waals surface area contributed by atoms with Gasteiger partial charge < -0.3 is 15.0 Å². The molecule has 2 aromatic carbocycles. The topological polar surface area (TPSA) is 71.2 Å². The molecule has 0 aliphatic rings. The van der Waals surface area contributed by atoms with Gasteiger partial charge in [0.05, 0.1) is 12.1 Å². The molecule has 0 radical (unpaired) electrons. The monoisotopic (exact) mass is 326 g/mol. The summed E-state index contributed by atoms with van der Waals surface area (Å²) in [5.41, 5.74) is 1.78. The van der Waals surface area contributed by atoms with Gasteiger partial charge in [0, 0.05) is 17.1 Å². The molecule has 0 atom stereocenters. The summed E-state index contributed by atoms with van der Waals surface area (Å²) in [6.45, 7) is -0.463. The molecule has 0 fully saturated rings. The van der Waals surface area contributed by atoms with E-state index in [0.29, 0.717) is 0 Å². The molecular weight excluding hydrogens is 311 g/mol. The van der Waals surface area contributed by atoms with E-state index in [1.807, 2.05) is 24.3 Å². The van der Waals surface area contributed by atoms with Gasteiger partial charge in [0.2, 0.25) is 0 Å². The fraction of sp³-hybridized carbons (Fsp3) is 0.111. The molecule has 5 nitrogen and oxygen atoms in total. The van der Waals surface area contributed by atoms with Crippen molar-refractivity contribution < 1.29 is 18.7 Å². The summed E-state index contributed by atoms with van der Waals surface area (Å²) in [6, 6.07) is 13.4. The molecule has 1 aromatic heterocycles. The Labute approximate surface area is 137 Å². The quantitative estimate of drug-likeness (QED) is 0.708. The van der Waals surface area contributed by atoms with Gasteiger partial charge in [-0.1, -0.05) is 30.3 Å². The Kier molecular flexibility index (Phi) is 4.56. The van der Waals surface area contributed by atoms with Gasteiger partial charge in [-0.2, -0.15) is 0 Å². The van der Waals surface area contributed by atoms with E-state index in [-0.39, 0.29) is 12.1 Å². The van der Waals surface area contributed by atoms with Crippen molar-refractivity contribution in [2.24, 2.45) is 0 Å². The number of carbonyl (C=O) groups excluding carboxylic acids is 2. The SMILES string of the molecule is O=C(COC(=O)Cc1c[nH]c2ccccc12)Nc1ccccc1F. The summed E-state index contributed by atoms with van der Waals surface area (Å²) in [5.74, 6) is -1.66. The molecule has 1 heterocycles. The number of nitrogens with one attached hydrogen (secondary N) is 2. The van der Waals surface area contributed by atoms with E-state index in [2.05, 4.69) is 10.3 Å². The van der Waals surface area contributed by atoms with Crippen molar-refractivity contribution in [3.05, 3.63) is 66.1 Å². The van der Waals surface area contributed by atoms with Crippen molar-refractivity contribution in [1.29, 1.82) is 0 Å². The fourth-order valence-electron chi connectivity index (χ4n) is 2.38. The maximum absolute atomic E-state index is 13.4. The summed E-state index contributed by atoms with van der Waals surface area (Å²) < 4.78 is 18.4. The smallest absolute Gasteiger partial charge is 0.310 e. The normalized spacial score (nSPS) is 10.5. The van der Waals surface area contributed by atoms with Gasteiger partial charge in [0.1, 0.15) is 5.82 Å². The van der Waals surface area contributed by atoms with E-state index in [1.54, 1.807) is 12.3 Å². The molecule has 0 aliphatic heterocycles. The van der Waals surface area contributed by atoms with Crippen LogP contribution in [-0.4, -0.2) is 23.5 Å². The molecule has 0 spiro atoms. The second kappa shape index (κ2) is 6.95. The zero-order chi connectivity index (χ0) is 16.9. The molecule has 3 aromatic rings. The van der Waals surface area contributed by atoms with Gasteiger partial charge in [-0.3, -0.25) is 9.59 Å². The third kappa shape index (κ3) is 3.60. The number of halogens is 1. The van der Waals surface area contributed by atoms with E-state index in [1.165, 1.54) is 18.2 Å². The Hall–Kier alpha value is -3.15. The lowest BCUT2D eigenvalue weighted by molar-refractivity contribution is -0.146. The van der Waals surface area contributed by atoms with Crippen molar-refractivity contribution in [1.82, 2.24) is 4.98 Å². The molecule has 0 saturated carbocycles. The van der Waals surface area contributed by atoms with Crippen LogP contribution in [0, 0.1) is 5.82 Å². The van der Waals surface area contributed by atoms with Gasteiger partial charge in [0.25, 0.3) is 5.91 Å². The van der Waals surface area contributed by atoms with Crippen LogP contribution >= 0.6 is 0 Å². The summed E-state index contributed by atoms with van der Waals surface area (Å²) in [5, 5.41) is 3.29.